The van der Waals surface area contributed by atoms with Gasteiger partial charge >= 0.3 is 0 Å². The molecule has 0 radical (unpaired) electrons. The zero-order chi connectivity index (χ0) is 15.6. The number of fused-ring (bicyclic) bond motifs is 1. The Morgan fingerprint density at radius 1 is 1.23 bits per heavy atom. The normalized spacial score (nSPS) is 11.9. The van der Waals surface area contributed by atoms with Crippen molar-refractivity contribution in [2.45, 2.75) is 12.3 Å². The second kappa shape index (κ2) is 6.08. The van der Waals surface area contributed by atoms with Crippen LogP contribution < -0.4 is 4.72 Å². The summed E-state index contributed by atoms with van der Waals surface area (Å²) < 4.78 is 26.9. The third-order valence-electron chi connectivity index (χ3n) is 3.27. The molecule has 0 aliphatic heterocycles. The summed E-state index contributed by atoms with van der Waals surface area (Å²) in [6, 6.07) is 10.6. The Labute approximate surface area is 133 Å². The number of halogens is 1. The summed E-state index contributed by atoms with van der Waals surface area (Å²) in [6.07, 6.45) is 3.45. The molecule has 2 aromatic heterocycles. The molecule has 0 aliphatic rings. The number of nitrogens with one attached hydrogen (secondary N) is 2. The van der Waals surface area contributed by atoms with Crippen LogP contribution in [0.5, 0.6) is 0 Å². The van der Waals surface area contributed by atoms with Gasteiger partial charge in [-0.2, -0.15) is 0 Å². The second-order valence-electron chi connectivity index (χ2n) is 4.92. The van der Waals surface area contributed by atoms with Crippen molar-refractivity contribution in [3.63, 3.8) is 0 Å². The maximum atomic E-state index is 12.2. The average molecular weight is 336 g/mol. The highest BCUT2D eigenvalue weighted by atomic mass is 35.5. The Morgan fingerprint density at radius 2 is 2.09 bits per heavy atom. The van der Waals surface area contributed by atoms with Gasteiger partial charge in [0.15, 0.2) is 0 Å². The third kappa shape index (κ3) is 3.47. The number of rotatable bonds is 5. The van der Waals surface area contributed by atoms with Crippen LogP contribution in [0, 0.1) is 0 Å². The number of H-pyrrole nitrogens is 1. The maximum Gasteiger partial charge on any atom is 0.216 e. The molecule has 0 fully saturated rings. The van der Waals surface area contributed by atoms with Gasteiger partial charge in [-0.1, -0.05) is 23.7 Å². The number of sulfonamides is 1. The summed E-state index contributed by atoms with van der Waals surface area (Å²) in [6.45, 7) is 0.217. The average Bonchev–Trinajstić information content (AvgIpc) is 2.88. The Hall–Kier alpha value is -1.89. The van der Waals surface area contributed by atoms with E-state index in [1.807, 2.05) is 12.1 Å². The monoisotopic (exact) mass is 335 g/mol. The lowest BCUT2D eigenvalue weighted by Crippen LogP contribution is -2.24. The van der Waals surface area contributed by atoms with Crippen molar-refractivity contribution in [3.8, 4) is 0 Å². The summed E-state index contributed by atoms with van der Waals surface area (Å²) in [5.74, 6) is -0.103. The predicted octanol–water partition coefficient (Wildman–Crippen LogP) is 2.84. The van der Waals surface area contributed by atoms with E-state index in [2.05, 4.69) is 14.7 Å². The molecule has 0 saturated heterocycles. The van der Waals surface area contributed by atoms with Crippen molar-refractivity contribution in [1.29, 1.82) is 0 Å². The maximum absolute atomic E-state index is 12.2. The van der Waals surface area contributed by atoms with Crippen molar-refractivity contribution in [3.05, 3.63) is 64.9 Å². The molecule has 0 atom stereocenters. The fourth-order valence-corrected chi connectivity index (χ4v) is 3.55. The molecule has 114 valence electrons. The van der Waals surface area contributed by atoms with Crippen LogP contribution in [0.15, 0.2) is 48.8 Å². The van der Waals surface area contributed by atoms with Crippen LogP contribution in [0.4, 0.5) is 0 Å². The first-order valence-electron chi connectivity index (χ1n) is 6.66. The first-order valence-corrected chi connectivity index (χ1v) is 8.69. The van der Waals surface area contributed by atoms with Gasteiger partial charge in [-0.15, -0.1) is 0 Å². The zero-order valence-electron chi connectivity index (χ0n) is 11.6. The molecular weight excluding hydrogens is 322 g/mol. The first-order chi connectivity index (χ1) is 10.5. The largest absolute Gasteiger partial charge is 0.346 e. The van der Waals surface area contributed by atoms with Crippen LogP contribution >= 0.6 is 11.6 Å². The van der Waals surface area contributed by atoms with E-state index in [0.717, 1.165) is 16.6 Å². The lowest BCUT2D eigenvalue weighted by Gasteiger charge is -2.06. The molecule has 0 unspecified atom stereocenters. The van der Waals surface area contributed by atoms with E-state index in [9.17, 15) is 8.42 Å². The van der Waals surface area contributed by atoms with Crippen LogP contribution in [-0.2, 0) is 22.3 Å². The number of benzene rings is 1. The fraction of sp³-hybridized carbons (Fsp3) is 0.133. The number of aromatic amines is 1. The molecule has 0 bridgehead atoms. The molecule has 0 amide bonds. The Kier molecular flexibility index (Phi) is 4.15. The highest BCUT2D eigenvalue weighted by Gasteiger charge is 2.13. The topological polar surface area (TPSA) is 74.8 Å². The highest BCUT2D eigenvalue weighted by Crippen LogP contribution is 2.16. The molecular formula is C15H14ClN3O2S. The second-order valence-corrected chi connectivity index (χ2v) is 7.17. The number of aromatic nitrogens is 2. The van der Waals surface area contributed by atoms with Crippen LogP contribution in [0.2, 0.25) is 5.02 Å². The van der Waals surface area contributed by atoms with E-state index in [0.29, 0.717) is 10.6 Å². The van der Waals surface area contributed by atoms with Gasteiger partial charge in [0, 0.05) is 29.3 Å². The smallest absolute Gasteiger partial charge is 0.216 e. The molecule has 0 aliphatic carbocycles. The molecule has 2 heterocycles. The van der Waals surface area contributed by atoms with Crippen LogP contribution in [0.25, 0.3) is 11.0 Å². The molecule has 0 saturated carbocycles. The number of nitrogens with zero attached hydrogens (tertiary/aromatic N) is 1. The van der Waals surface area contributed by atoms with Gasteiger partial charge in [-0.05, 0) is 35.4 Å². The number of hydrogen-bond acceptors (Lipinski definition) is 3. The molecule has 1 aromatic carbocycles. The zero-order valence-corrected chi connectivity index (χ0v) is 13.2. The lowest BCUT2D eigenvalue weighted by atomic mass is 10.2. The molecule has 3 rings (SSSR count). The van der Waals surface area contributed by atoms with Crippen LogP contribution in [0.1, 0.15) is 11.1 Å². The summed E-state index contributed by atoms with van der Waals surface area (Å²) >= 11 is 5.87. The Balaban J connectivity index is 1.72. The number of pyridine rings is 1. The minimum Gasteiger partial charge on any atom is -0.346 e. The first kappa shape index (κ1) is 15.0. The van der Waals surface area contributed by atoms with E-state index in [1.165, 1.54) is 0 Å². The van der Waals surface area contributed by atoms with Gasteiger partial charge in [0.05, 0.1) is 5.75 Å². The summed E-state index contributed by atoms with van der Waals surface area (Å²) in [5.41, 5.74) is 2.25. The molecule has 5 nitrogen and oxygen atoms in total. The number of hydrogen-bond donors (Lipinski definition) is 2. The molecule has 0 spiro atoms. The van der Waals surface area contributed by atoms with E-state index in [1.54, 1.807) is 36.7 Å². The Bertz CT molecular complexity index is 906. The van der Waals surface area contributed by atoms with Crippen molar-refractivity contribution in [2.24, 2.45) is 0 Å². The van der Waals surface area contributed by atoms with Crippen LogP contribution in [-0.4, -0.2) is 18.4 Å². The van der Waals surface area contributed by atoms with Gasteiger partial charge < -0.3 is 4.98 Å². The van der Waals surface area contributed by atoms with Crippen molar-refractivity contribution >= 4 is 32.7 Å². The van der Waals surface area contributed by atoms with Crippen molar-refractivity contribution in [1.82, 2.24) is 14.7 Å². The molecule has 2 N–H and O–H groups in total. The van der Waals surface area contributed by atoms with Gasteiger partial charge in [0.25, 0.3) is 0 Å². The quantitative estimate of drug-likeness (QED) is 0.753. The van der Waals surface area contributed by atoms with Crippen LogP contribution in [0.3, 0.4) is 0 Å². The SMILES string of the molecule is O=S(=O)(Cc1cccc(Cl)c1)NCc1c[nH]c2ncccc12. The van der Waals surface area contributed by atoms with E-state index >= 15 is 0 Å². The lowest BCUT2D eigenvalue weighted by molar-refractivity contribution is 0.580. The summed E-state index contributed by atoms with van der Waals surface area (Å²) in [5, 5.41) is 1.43. The van der Waals surface area contributed by atoms with Gasteiger partial charge in [0.1, 0.15) is 5.65 Å². The standard InChI is InChI=1S/C15H14ClN3O2S/c16-13-4-1-3-11(7-13)10-22(20,21)19-9-12-8-18-15-14(12)5-2-6-17-15/h1-8,19H,9-10H2,(H,17,18). The van der Waals surface area contributed by atoms with E-state index < -0.39 is 10.0 Å². The molecule has 7 heteroatoms. The highest BCUT2D eigenvalue weighted by molar-refractivity contribution is 7.88. The molecule has 22 heavy (non-hydrogen) atoms. The van der Waals surface area contributed by atoms with E-state index in [4.69, 9.17) is 11.6 Å². The fourth-order valence-electron chi connectivity index (χ4n) is 2.24. The van der Waals surface area contributed by atoms with Crippen molar-refractivity contribution < 1.29 is 8.42 Å². The molecule has 3 aromatic rings. The van der Waals surface area contributed by atoms with Gasteiger partial charge in [-0.3, -0.25) is 0 Å². The summed E-state index contributed by atoms with van der Waals surface area (Å²) in [7, 11) is -3.44. The Morgan fingerprint density at radius 3 is 2.91 bits per heavy atom. The van der Waals surface area contributed by atoms with Crippen molar-refractivity contribution in [2.75, 3.05) is 0 Å². The minimum atomic E-state index is -3.44. The third-order valence-corrected chi connectivity index (χ3v) is 4.80. The minimum absolute atomic E-state index is 0.103. The van der Waals surface area contributed by atoms with Gasteiger partial charge in [-0.25, -0.2) is 18.1 Å². The summed E-state index contributed by atoms with van der Waals surface area (Å²) in [4.78, 5) is 7.19. The van der Waals surface area contributed by atoms with E-state index in [-0.39, 0.29) is 12.3 Å². The predicted molar refractivity (Wildman–Crippen MR) is 87.0 cm³/mol. The van der Waals surface area contributed by atoms with Gasteiger partial charge in [0.2, 0.25) is 10.0 Å².